The molecule has 0 aliphatic carbocycles. The zero-order chi connectivity index (χ0) is 23.2. The maximum atomic E-state index is 12.3. The number of nitrogens with one attached hydrogen (secondary N) is 1. The van der Waals surface area contributed by atoms with Gasteiger partial charge in [-0.05, 0) is 60.7 Å². The number of carbonyl (C=O) groups excluding carboxylic acids is 2. The third-order valence-electron chi connectivity index (χ3n) is 4.70. The summed E-state index contributed by atoms with van der Waals surface area (Å²) >= 11 is 0. The molecule has 0 aliphatic rings. The van der Waals surface area contributed by atoms with Crippen LogP contribution in [0.5, 0.6) is 11.5 Å². The number of amides is 2. The van der Waals surface area contributed by atoms with E-state index in [0.29, 0.717) is 28.4 Å². The van der Waals surface area contributed by atoms with Gasteiger partial charge in [0, 0.05) is 16.8 Å². The molecule has 2 amide bonds. The van der Waals surface area contributed by atoms with Crippen LogP contribution in [0.4, 0.5) is 5.69 Å². The fourth-order valence-electron chi connectivity index (χ4n) is 3.02. The van der Waals surface area contributed by atoms with E-state index in [2.05, 4.69) is 15.5 Å². The fourth-order valence-corrected chi connectivity index (χ4v) is 3.02. The molecule has 0 saturated heterocycles. The van der Waals surface area contributed by atoms with Gasteiger partial charge in [0.25, 0.3) is 11.8 Å². The van der Waals surface area contributed by atoms with E-state index >= 15 is 0 Å². The zero-order valence-corrected chi connectivity index (χ0v) is 17.6. The Balaban J connectivity index is 1.44. The molecule has 3 aromatic carbocycles. The van der Waals surface area contributed by atoms with Crippen molar-refractivity contribution in [3.63, 3.8) is 0 Å². The van der Waals surface area contributed by atoms with E-state index in [9.17, 15) is 9.59 Å². The van der Waals surface area contributed by atoms with Crippen molar-refractivity contribution in [3.8, 4) is 34.3 Å². The molecule has 1 aromatic heterocycles. The standard InChI is InChI=1S/C24H20N4O5/c1-31-18-12-8-16(9-13-18)23-27-24(33-28-23)19-4-2-3-5-20(19)32-14-21(29)26-17-10-6-15(7-11-17)22(25)30/h2-13H,14H2,1H3,(H2,25,30)(H,26,29). The summed E-state index contributed by atoms with van der Waals surface area (Å²) in [5.41, 5.74) is 7.42. The summed E-state index contributed by atoms with van der Waals surface area (Å²) in [6.07, 6.45) is 0. The number of nitrogens with zero attached hydrogens (tertiary/aromatic N) is 2. The molecule has 4 rings (SSSR count). The minimum absolute atomic E-state index is 0.242. The number of para-hydroxylation sites is 1. The third kappa shape index (κ3) is 5.16. The number of nitrogens with two attached hydrogens (primary N) is 1. The van der Waals surface area contributed by atoms with E-state index < -0.39 is 5.91 Å². The van der Waals surface area contributed by atoms with Crippen LogP contribution < -0.4 is 20.5 Å². The highest BCUT2D eigenvalue weighted by Crippen LogP contribution is 2.30. The molecule has 0 spiro atoms. The van der Waals surface area contributed by atoms with E-state index in [1.165, 1.54) is 12.1 Å². The molecule has 3 N–H and O–H groups in total. The van der Waals surface area contributed by atoms with Crippen LogP contribution in [0.3, 0.4) is 0 Å². The number of anilines is 1. The Bertz CT molecular complexity index is 1270. The van der Waals surface area contributed by atoms with Gasteiger partial charge in [-0.2, -0.15) is 4.98 Å². The molecule has 0 saturated carbocycles. The maximum Gasteiger partial charge on any atom is 0.262 e. The van der Waals surface area contributed by atoms with Crippen LogP contribution >= 0.6 is 0 Å². The molecule has 9 nitrogen and oxygen atoms in total. The van der Waals surface area contributed by atoms with Crippen molar-refractivity contribution < 1.29 is 23.6 Å². The monoisotopic (exact) mass is 444 g/mol. The first-order chi connectivity index (χ1) is 16.0. The van der Waals surface area contributed by atoms with Crippen molar-refractivity contribution in [1.29, 1.82) is 0 Å². The number of benzene rings is 3. The second-order valence-electron chi connectivity index (χ2n) is 6.93. The number of ether oxygens (including phenoxy) is 2. The maximum absolute atomic E-state index is 12.3. The van der Waals surface area contributed by atoms with Crippen molar-refractivity contribution in [1.82, 2.24) is 10.1 Å². The Morgan fingerprint density at radius 1 is 1.00 bits per heavy atom. The number of carbonyl (C=O) groups is 2. The van der Waals surface area contributed by atoms with Gasteiger partial charge in [0.2, 0.25) is 11.7 Å². The highest BCUT2D eigenvalue weighted by molar-refractivity contribution is 5.95. The lowest BCUT2D eigenvalue weighted by molar-refractivity contribution is -0.118. The quantitative estimate of drug-likeness (QED) is 0.425. The number of rotatable bonds is 8. The molecular formula is C24H20N4O5. The average Bonchev–Trinajstić information content (AvgIpc) is 3.33. The lowest BCUT2D eigenvalue weighted by Crippen LogP contribution is -2.20. The van der Waals surface area contributed by atoms with Gasteiger partial charge in [0.05, 0.1) is 12.7 Å². The van der Waals surface area contributed by atoms with Crippen LogP contribution in [-0.4, -0.2) is 35.7 Å². The molecule has 166 valence electrons. The van der Waals surface area contributed by atoms with Crippen LogP contribution in [0.15, 0.2) is 77.3 Å². The predicted molar refractivity (Wildman–Crippen MR) is 121 cm³/mol. The Morgan fingerprint density at radius 2 is 1.73 bits per heavy atom. The summed E-state index contributed by atoms with van der Waals surface area (Å²) < 4.78 is 16.3. The minimum atomic E-state index is -0.538. The van der Waals surface area contributed by atoms with E-state index in [-0.39, 0.29) is 18.4 Å². The van der Waals surface area contributed by atoms with Gasteiger partial charge in [-0.25, -0.2) is 0 Å². The first-order valence-electron chi connectivity index (χ1n) is 9.93. The van der Waals surface area contributed by atoms with Gasteiger partial charge in [0.15, 0.2) is 6.61 Å². The predicted octanol–water partition coefficient (Wildman–Crippen LogP) is 3.53. The Labute approximate surface area is 189 Å². The largest absolute Gasteiger partial charge is 0.497 e. The lowest BCUT2D eigenvalue weighted by Gasteiger charge is -2.10. The van der Waals surface area contributed by atoms with E-state index in [4.69, 9.17) is 19.7 Å². The van der Waals surface area contributed by atoms with Crippen LogP contribution in [0.2, 0.25) is 0 Å². The lowest BCUT2D eigenvalue weighted by atomic mass is 10.2. The van der Waals surface area contributed by atoms with Gasteiger partial charge in [-0.1, -0.05) is 17.3 Å². The Hall–Kier alpha value is -4.66. The number of methoxy groups -OCH3 is 1. The van der Waals surface area contributed by atoms with E-state index in [1.807, 2.05) is 24.3 Å². The Kier molecular flexibility index (Phi) is 6.31. The molecule has 0 fully saturated rings. The second-order valence-corrected chi connectivity index (χ2v) is 6.93. The molecule has 33 heavy (non-hydrogen) atoms. The van der Waals surface area contributed by atoms with Crippen molar-refractivity contribution in [2.75, 3.05) is 19.0 Å². The van der Waals surface area contributed by atoms with Crippen LogP contribution in [0.25, 0.3) is 22.8 Å². The normalized spacial score (nSPS) is 10.5. The number of hydrogen-bond donors (Lipinski definition) is 2. The van der Waals surface area contributed by atoms with E-state index in [0.717, 1.165) is 11.3 Å². The molecule has 9 heteroatoms. The molecule has 1 heterocycles. The van der Waals surface area contributed by atoms with Gasteiger partial charge in [0.1, 0.15) is 11.5 Å². The fraction of sp³-hybridized carbons (Fsp3) is 0.0833. The van der Waals surface area contributed by atoms with E-state index in [1.54, 1.807) is 43.5 Å². The molecule has 4 aromatic rings. The molecular weight excluding hydrogens is 424 g/mol. The summed E-state index contributed by atoms with van der Waals surface area (Å²) in [5.74, 6) is 0.911. The van der Waals surface area contributed by atoms with Crippen LogP contribution in [-0.2, 0) is 4.79 Å². The van der Waals surface area contributed by atoms with Gasteiger partial charge in [-0.3, -0.25) is 9.59 Å². The molecule has 0 atom stereocenters. The van der Waals surface area contributed by atoms with Crippen molar-refractivity contribution in [2.24, 2.45) is 5.73 Å². The topological polar surface area (TPSA) is 130 Å². The number of aromatic nitrogens is 2. The Morgan fingerprint density at radius 3 is 2.42 bits per heavy atom. The first kappa shape index (κ1) is 21.6. The first-order valence-corrected chi connectivity index (χ1v) is 9.93. The average molecular weight is 444 g/mol. The molecule has 0 radical (unpaired) electrons. The number of hydrogen-bond acceptors (Lipinski definition) is 7. The zero-order valence-electron chi connectivity index (χ0n) is 17.6. The molecule has 0 aliphatic heterocycles. The summed E-state index contributed by atoms with van der Waals surface area (Å²) in [7, 11) is 1.60. The summed E-state index contributed by atoms with van der Waals surface area (Å²) in [6, 6.07) is 20.6. The molecule has 0 bridgehead atoms. The SMILES string of the molecule is COc1ccc(-c2noc(-c3ccccc3OCC(=O)Nc3ccc(C(N)=O)cc3)n2)cc1. The van der Waals surface area contributed by atoms with Crippen molar-refractivity contribution >= 4 is 17.5 Å². The number of primary amides is 1. The summed E-state index contributed by atoms with van der Waals surface area (Å²) in [5, 5.41) is 6.73. The van der Waals surface area contributed by atoms with Gasteiger partial charge >= 0.3 is 0 Å². The second kappa shape index (κ2) is 9.65. The van der Waals surface area contributed by atoms with Gasteiger partial charge in [-0.15, -0.1) is 0 Å². The van der Waals surface area contributed by atoms with Crippen molar-refractivity contribution in [2.45, 2.75) is 0 Å². The third-order valence-corrected chi connectivity index (χ3v) is 4.70. The highest BCUT2D eigenvalue weighted by atomic mass is 16.5. The molecule has 0 unspecified atom stereocenters. The minimum Gasteiger partial charge on any atom is -0.497 e. The smallest absolute Gasteiger partial charge is 0.262 e. The summed E-state index contributed by atoms with van der Waals surface area (Å²) in [4.78, 5) is 27.9. The highest BCUT2D eigenvalue weighted by Gasteiger charge is 2.16. The van der Waals surface area contributed by atoms with Gasteiger partial charge < -0.3 is 25.0 Å². The van der Waals surface area contributed by atoms with Crippen LogP contribution in [0, 0.1) is 0 Å². The van der Waals surface area contributed by atoms with Crippen molar-refractivity contribution in [3.05, 3.63) is 78.4 Å². The van der Waals surface area contributed by atoms with Crippen LogP contribution in [0.1, 0.15) is 10.4 Å². The summed E-state index contributed by atoms with van der Waals surface area (Å²) in [6.45, 7) is -0.242.